The maximum atomic E-state index is 12.2. The Hall–Kier alpha value is -2.66. The first-order valence-electron chi connectivity index (χ1n) is 9.00. The van der Waals surface area contributed by atoms with Gasteiger partial charge in [0.2, 0.25) is 5.91 Å². The summed E-state index contributed by atoms with van der Waals surface area (Å²) in [6, 6.07) is 14.0. The highest BCUT2D eigenvalue weighted by atomic mass is 35.5. The number of unbranched alkanes of at least 4 members (excludes halogenated alkanes) is 2. The van der Waals surface area contributed by atoms with Gasteiger partial charge in [-0.25, -0.2) is 5.43 Å². The van der Waals surface area contributed by atoms with Crippen LogP contribution < -0.4 is 10.7 Å². The molecule has 0 atom stereocenters. The van der Waals surface area contributed by atoms with E-state index < -0.39 is 0 Å². The molecule has 0 radical (unpaired) electrons. The monoisotopic (exact) mass is 385 g/mol. The molecular formula is C21H24ClN3O2. The van der Waals surface area contributed by atoms with Crippen molar-refractivity contribution in [1.82, 2.24) is 5.43 Å². The lowest BCUT2D eigenvalue weighted by Crippen LogP contribution is -2.18. The van der Waals surface area contributed by atoms with E-state index in [2.05, 4.69) is 22.8 Å². The van der Waals surface area contributed by atoms with Crippen LogP contribution in [-0.4, -0.2) is 17.5 Å². The molecule has 6 heteroatoms. The first-order valence-corrected chi connectivity index (χ1v) is 9.38. The lowest BCUT2D eigenvalue weighted by atomic mass is 10.1. The van der Waals surface area contributed by atoms with Crippen molar-refractivity contribution in [3.63, 3.8) is 0 Å². The molecule has 2 aromatic carbocycles. The fourth-order valence-corrected chi connectivity index (χ4v) is 2.53. The maximum absolute atomic E-state index is 12.2. The van der Waals surface area contributed by atoms with Crippen LogP contribution in [0.5, 0.6) is 0 Å². The molecule has 2 N–H and O–H groups in total. The quantitative estimate of drug-likeness (QED) is 0.381. The summed E-state index contributed by atoms with van der Waals surface area (Å²) in [6.45, 7) is 3.93. The summed E-state index contributed by atoms with van der Waals surface area (Å²) in [5, 5.41) is 7.55. The zero-order valence-electron chi connectivity index (χ0n) is 15.6. The third-order valence-corrected chi connectivity index (χ3v) is 4.27. The number of nitrogens with one attached hydrogen (secondary N) is 2. The van der Waals surface area contributed by atoms with E-state index in [1.165, 1.54) is 0 Å². The normalized spacial score (nSPS) is 11.1. The Kier molecular flexibility index (Phi) is 8.01. The van der Waals surface area contributed by atoms with Crippen molar-refractivity contribution in [2.75, 3.05) is 5.32 Å². The van der Waals surface area contributed by atoms with E-state index >= 15 is 0 Å². The molecule has 2 amide bonds. The average molecular weight is 386 g/mol. The van der Waals surface area contributed by atoms with Crippen molar-refractivity contribution in [2.45, 2.75) is 39.5 Å². The molecule has 0 unspecified atom stereocenters. The Morgan fingerprint density at radius 2 is 1.59 bits per heavy atom. The number of hydrazone groups is 1. The molecule has 0 heterocycles. The van der Waals surface area contributed by atoms with E-state index in [-0.39, 0.29) is 11.8 Å². The van der Waals surface area contributed by atoms with Crippen LogP contribution in [0.3, 0.4) is 0 Å². The Balaban J connectivity index is 1.91. The highest BCUT2D eigenvalue weighted by molar-refractivity contribution is 6.30. The van der Waals surface area contributed by atoms with Crippen LogP contribution in [-0.2, 0) is 4.79 Å². The standard InChI is InChI=1S/C21H24ClN3O2/c1-3-4-5-6-20(26)25-24-15(2)16-9-13-19(14-10-16)23-21(27)17-7-11-18(22)12-8-17/h7-14H,3-6H2,1-2H3,(H,23,27)(H,25,26). The van der Waals surface area contributed by atoms with Crippen molar-refractivity contribution >= 4 is 34.8 Å². The fourth-order valence-electron chi connectivity index (χ4n) is 2.40. The number of nitrogens with zero attached hydrogens (tertiary/aromatic N) is 1. The molecule has 0 aliphatic rings. The van der Waals surface area contributed by atoms with Gasteiger partial charge in [-0.1, -0.05) is 43.5 Å². The number of benzene rings is 2. The molecule has 0 aromatic heterocycles. The van der Waals surface area contributed by atoms with Gasteiger partial charge in [0.1, 0.15) is 0 Å². The topological polar surface area (TPSA) is 70.6 Å². The zero-order chi connectivity index (χ0) is 19.6. The number of carbonyl (C=O) groups is 2. The molecule has 0 saturated carbocycles. The van der Waals surface area contributed by atoms with Crippen LogP contribution in [0.15, 0.2) is 53.6 Å². The molecular weight excluding hydrogens is 362 g/mol. The molecule has 0 fully saturated rings. The summed E-state index contributed by atoms with van der Waals surface area (Å²) in [5.74, 6) is -0.279. The average Bonchev–Trinajstić information content (AvgIpc) is 2.67. The lowest BCUT2D eigenvalue weighted by Gasteiger charge is -2.07. The molecule has 2 aromatic rings. The minimum Gasteiger partial charge on any atom is -0.322 e. The van der Waals surface area contributed by atoms with Crippen molar-refractivity contribution in [2.24, 2.45) is 5.10 Å². The highest BCUT2D eigenvalue weighted by Crippen LogP contribution is 2.14. The molecule has 0 aliphatic heterocycles. The van der Waals surface area contributed by atoms with E-state index in [1.54, 1.807) is 36.4 Å². The van der Waals surface area contributed by atoms with E-state index in [1.807, 2.05) is 19.1 Å². The second-order valence-electron chi connectivity index (χ2n) is 6.23. The van der Waals surface area contributed by atoms with Crippen LogP contribution in [0.1, 0.15) is 55.5 Å². The van der Waals surface area contributed by atoms with E-state index in [0.717, 1.165) is 24.8 Å². The Morgan fingerprint density at radius 3 is 2.22 bits per heavy atom. The number of hydrogen-bond donors (Lipinski definition) is 2. The van der Waals surface area contributed by atoms with Crippen molar-refractivity contribution < 1.29 is 9.59 Å². The predicted molar refractivity (Wildman–Crippen MR) is 110 cm³/mol. The summed E-state index contributed by atoms with van der Waals surface area (Å²) >= 11 is 5.83. The number of halogens is 1. The van der Waals surface area contributed by atoms with Gasteiger partial charge in [-0.2, -0.15) is 5.10 Å². The number of hydrogen-bond acceptors (Lipinski definition) is 3. The lowest BCUT2D eigenvalue weighted by molar-refractivity contribution is -0.121. The Bertz CT molecular complexity index is 799. The van der Waals surface area contributed by atoms with Crippen LogP contribution in [0.25, 0.3) is 0 Å². The van der Waals surface area contributed by atoms with Gasteiger partial charge in [0, 0.05) is 22.7 Å². The van der Waals surface area contributed by atoms with Gasteiger partial charge in [0.05, 0.1) is 5.71 Å². The van der Waals surface area contributed by atoms with Gasteiger partial charge in [-0.05, 0) is 55.3 Å². The smallest absolute Gasteiger partial charge is 0.255 e. The third kappa shape index (κ3) is 6.87. The molecule has 0 spiro atoms. The number of amides is 2. The van der Waals surface area contributed by atoms with Crippen LogP contribution in [0.4, 0.5) is 5.69 Å². The molecule has 27 heavy (non-hydrogen) atoms. The minimum absolute atomic E-state index is 0.0744. The second kappa shape index (κ2) is 10.5. The van der Waals surface area contributed by atoms with Crippen molar-refractivity contribution in [1.29, 1.82) is 0 Å². The molecule has 0 aliphatic carbocycles. The summed E-state index contributed by atoms with van der Waals surface area (Å²) in [7, 11) is 0. The molecule has 0 bridgehead atoms. The van der Waals surface area contributed by atoms with Gasteiger partial charge >= 0.3 is 0 Å². The zero-order valence-corrected chi connectivity index (χ0v) is 16.3. The second-order valence-corrected chi connectivity index (χ2v) is 6.66. The van der Waals surface area contributed by atoms with Gasteiger partial charge in [0.15, 0.2) is 0 Å². The molecule has 142 valence electrons. The number of carbonyl (C=O) groups excluding carboxylic acids is 2. The number of anilines is 1. The molecule has 0 saturated heterocycles. The van der Waals surface area contributed by atoms with Crippen LogP contribution in [0.2, 0.25) is 5.02 Å². The summed E-state index contributed by atoms with van der Waals surface area (Å²) < 4.78 is 0. The van der Waals surface area contributed by atoms with Gasteiger partial charge < -0.3 is 5.32 Å². The van der Waals surface area contributed by atoms with E-state index in [4.69, 9.17) is 11.6 Å². The van der Waals surface area contributed by atoms with Crippen molar-refractivity contribution in [3.05, 3.63) is 64.7 Å². The Labute approximate surface area is 164 Å². The van der Waals surface area contributed by atoms with Gasteiger partial charge in [-0.15, -0.1) is 0 Å². The fraction of sp³-hybridized carbons (Fsp3) is 0.286. The first-order chi connectivity index (χ1) is 13.0. The summed E-state index contributed by atoms with van der Waals surface area (Å²) in [4.78, 5) is 23.9. The maximum Gasteiger partial charge on any atom is 0.255 e. The van der Waals surface area contributed by atoms with Gasteiger partial charge in [-0.3, -0.25) is 9.59 Å². The predicted octanol–water partition coefficient (Wildman–Crippen LogP) is 5.01. The van der Waals surface area contributed by atoms with Crippen LogP contribution in [0, 0.1) is 0 Å². The summed E-state index contributed by atoms with van der Waals surface area (Å²) in [6.07, 6.45) is 3.48. The molecule has 2 rings (SSSR count). The summed E-state index contributed by atoms with van der Waals surface area (Å²) in [5.41, 5.74) is 5.36. The van der Waals surface area contributed by atoms with E-state index in [9.17, 15) is 9.59 Å². The highest BCUT2D eigenvalue weighted by Gasteiger charge is 2.06. The van der Waals surface area contributed by atoms with Crippen molar-refractivity contribution in [3.8, 4) is 0 Å². The molecule has 5 nitrogen and oxygen atoms in total. The minimum atomic E-state index is -0.204. The first kappa shape index (κ1) is 20.6. The van der Waals surface area contributed by atoms with E-state index in [0.29, 0.717) is 28.4 Å². The largest absolute Gasteiger partial charge is 0.322 e. The van der Waals surface area contributed by atoms with Gasteiger partial charge in [0.25, 0.3) is 5.91 Å². The Morgan fingerprint density at radius 1 is 0.963 bits per heavy atom. The SMILES string of the molecule is CCCCCC(=O)NN=C(C)c1ccc(NC(=O)c2ccc(Cl)cc2)cc1. The third-order valence-electron chi connectivity index (χ3n) is 4.02. The number of rotatable bonds is 8. The van der Waals surface area contributed by atoms with Crippen LogP contribution >= 0.6 is 11.6 Å².